The van der Waals surface area contributed by atoms with Gasteiger partial charge in [0.2, 0.25) is 0 Å². The molecule has 1 atom stereocenters. The number of hydrogen-bond acceptors (Lipinski definition) is 3. The molecule has 0 aromatic carbocycles. The lowest BCUT2D eigenvalue weighted by atomic mass is 10.2. The Balaban J connectivity index is 1.86. The average Bonchev–Trinajstić information content (AvgIpc) is 2.95. The van der Waals surface area contributed by atoms with Crippen LogP contribution in [0.15, 0.2) is 23.6 Å². The maximum absolute atomic E-state index is 4.46. The molecule has 2 aromatic rings. The molecule has 0 radical (unpaired) electrons. The molecule has 18 heavy (non-hydrogen) atoms. The molecule has 2 rings (SSSR count). The second kappa shape index (κ2) is 6.16. The van der Waals surface area contributed by atoms with Gasteiger partial charge in [-0.05, 0) is 44.7 Å². The van der Waals surface area contributed by atoms with Gasteiger partial charge in [0, 0.05) is 24.0 Å². The fourth-order valence-corrected chi connectivity index (χ4v) is 2.93. The Bertz CT molecular complexity index is 473. The summed E-state index contributed by atoms with van der Waals surface area (Å²) in [4.78, 5) is 1.44. The van der Waals surface area contributed by atoms with E-state index < -0.39 is 0 Å². The summed E-state index contributed by atoms with van der Waals surface area (Å²) in [6.45, 7) is 8.24. The zero-order valence-electron chi connectivity index (χ0n) is 11.3. The number of aromatic nitrogens is 2. The van der Waals surface area contributed by atoms with Crippen molar-refractivity contribution in [3.05, 3.63) is 39.8 Å². The van der Waals surface area contributed by atoms with E-state index >= 15 is 0 Å². The largest absolute Gasteiger partial charge is 0.308 e. The molecule has 0 saturated carbocycles. The number of nitrogens with one attached hydrogen (secondary N) is 1. The lowest BCUT2D eigenvalue weighted by Gasteiger charge is -2.13. The minimum atomic E-state index is 0.490. The van der Waals surface area contributed by atoms with Crippen LogP contribution >= 0.6 is 11.3 Å². The average molecular weight is 263 g/mol. The van der Waals surface area contributed by atoms with Crippen molar-refractivity contribution in [3.8, 4) is 0 Å². The highest BCUT2D eigenvalue weighted by Gasteiger charge is 2.07. The number of rotatable bonds is 6. The molecule has 2 heterocycles. The first-order valence-corrected chi connectivity index (χ1v) is 7.36. The van der Waals surface area contributed by atoms with Crippen molar-refractivity contribution < 1.29 is 0 Å². The van der Waals surface area contributed by atoms with Gasteiger partial charge < -0.3 is 5.32 Å². The standard InChI is InChI=1S/C14H21N3S/c1-4-17-13(8-12(3)16-17)10-15-11(2)9-14-6-5-7-18-14/h5-8,11,15H,4,9-10H2,1-3H3. The van der Waals surface area contributed by atoms with Crippen molar-refractivity contribution in [2.45, 2.75) is 46.3 Å². The Morgan fingerprint density at radius 1 is 1.50 bits per heavy atom. The van der Waals surface area contributed by atoms with Crippen molar-refractivity contribution in [3.63, 3.8) is 0 Å². The van der Waals surface area contributed by atoms with Crippen LogP contribution in [0.5, 0.6) is 0 Å². The second-order valence-electron chi connectivity index (χ2n) is 4.66. The zero-order chi connectivity index (χ0) is 13.0. The number of nitrogens with zero attached hydrogens (tertiary/aromatic N) is 2. The third-order valence-electron chi connectivity index (χ3n) is 3.00. The molecule has 0 aliphatic rings. The summed E-state index contributed by atoms with van der Waals surface area (Å²) in [7, 11) is 0. The van der Waals surface area contributed by atoms with Crippen molar-refractivity contribution in [2.75, 3.05) is 0 Å². The summed E-state index contributed by atoms with van der Waals surface area (Å²) < 4.78 is 2.07. The Hall–Kier alpha value is -1.13. The number of thiophene rings is 1. The van der Waals surface area contributed by atoms with Crippen molar-refractivity contribution in [2.24, 2.45) is 0 Å². The monoisotopic (exact) mass is 263 g/mol. The molecule has 0 saturated heterocycles. The molecule has 1 N–H and O–H groups in total. The number of hydrogen-bond donors (Lipinski definition) is 1. The third kappa shape index (κ3) is 3.43. The van der Waals surface area contributed by atoms with Gasteiger partial charge in [-0.2, -0.15) is 5.10 Å². The summed E-state index contributed by atoms with van der Waals surface area (Å²) in [5.41, 5.74) is 2.37. The topological polar surface area (TPSA) is 29.9 Å². The van der Waals surface area contributed by atoms with E-state index in [1.54, 1.807) is 0 Å². The minimum Gasteiger partial charge on any atom is -0.308 e. The van der Waals surface area contributed by atoms with Crippen LogP contribution in [-0.4, -0.2) is 15.8 Å². The maximum Gasteiger partial charge on any atom is 0.0597 e. The first-order valence-electron chi connectivity index (χ1n) is 6.48. The Morgan fingerprint density at radius 2 is 2.33 bits per heavy atom. The first-order chi connectivity index (χ1) is 8.69. The highest BCUT2D eigenvalue weighted by Crippen LogP contribution is 2.11. The highest BCUT2D eigenvalue weighted by molar-refractivity contribution is 7.09. The van der Waals surface area contributed by atoms with Crippen LogP contribution in [0.1, 0.15) is 30.1 Å². The molecule has 0 bridgehead atoms. The Morgan fingerprint density at radius 3 is 3.00 bits per heavy atom. The predicted octanol–water partition coefficient (Wildman–Crippen LogP) is 2.99. The third-order valence-corrected chi connectivity index (χ3v) is 3.90. The summed E-state index contributed by atoms with van der Waals surface area (Å²) >= 11 is 1.83. The molecular weight excluding hydrogens is 242 g/mol. The highest BCUT2D eigenvalue weighted by atomic mass is 32.1. The molecule has 0 aliphatic carbocycles. The van der Waals surface area contributed by atoms with E-state index in [1.807, 2.05) is 18.3 Å². The van der Waals surface area contributed by atoms with E-state index in [1.165, 1.54) is 10.6 Å². The first kappa shape index (κ1) is 13.3. The molecule has 1 unspecified atom stereocenters. The quantitative estimate of drug-likeness (QED) is 0.868. The van der Waals surface area contributed by atoms with Gasteiger partial charge in [-0.15, -0.1) is 11.3 Å². The van der Waals surface area contributed by atoms with Gasteiger partial charge in [-0.1, -0.05) is 6.07 Å². The second-order valence-corrected chi connectivity index (χ2v) is 5.69. The van der Waals surface area contributed by atoms with E-state index in [9.17, 15) is 0 Å². The van der Waals surface area contributed by atoms with E-state index in [0.717, 1.165) is 25.2 Å². The van der Waals surface area contributed by atoms with Crippen LogP contribution in [0.4, 0.5) is 0 Å². The predicted molar refractivity (Wildman–Crippen MR) is 77.0 cm³/mol. The van der Waals surface area contributed by atoms with Gasteiger partial charge in [0.25, 0.3) is 0 Å². The molecule has 4 heteroatoms. The molecule has 0 aliphatic heterocycles. The fraction of sp³-hybridized carbons (Fsp3) is 0.500. The van der Waals surface area contributed by atoms with Crippen LogP contribution in [0.3, 0.4) is 0 Å². The smallest absolute Gasteiger partial charge is 0.0597 e. The molecule has 3 nitrogen and oxygen atoms in total. The summed E-state index contributed by atoms with van der Waals surface area (Å²) in [6, 6.07) is 6.96. The van der Waals surface area contributed by atoms with Gasteiger partial charge >= 0.3 is 0 Å². The van der Waals surface area contributed by atoms with Gasteiger partial charge in [-0.25, -0.2) is 0 Å². The lowest BCUT2D eigenvalue weighted by molar-refractivity contribution is 0.516. The van der Waals surface area contributed by atoms with Gasteiger partial charge in [0.05, 0.1) is 11.4 Å². The maximum atomic E-state index is 4.46. The van der Waals surface area contributed by atoms with Crippen LogP contribution in [0.2, 0.25) is 0 Å². The number of aryl methyl sites for hydroxylation is 2. The van der Waals surface area contributed by atoms with Crippen molar-refractivity contribution in [1.82, 2.24) is 15.1 Å². The summed E-state index contributed by atoms with van der Waals surface area (Å²) in [6.07, 6.45) is 1.09. The SMILES string of the molecule is CCn1nc(C)cc1CNC(C)Cc1cccs1. The van der Waals surface area contributed by atoms with Crippen molar-refractivity contribution in [1.29, 1.82) is 0 Å². The normalized spacial score (nSPS) is 12.8. The molecule has 0 amide bonds. The van der Waals surface area contributed by atoms with Gasteiger partial charge in [0.15, 0.2) is 0 Å². The minimum absolute atomic E-state index is 0.490. The van der Waals surface area contributed by atoms with Crippen molar-refractivity contribution >= 4 is 11.3 Å². The van der Waals surface area contributed by atoms with Crippen LogP contribution in [0.25, 0.3) is 0 Å². The van der Waals surface area contributed by atoms with Crippen LogP contribution in [-0.2, 0) is 19.5 Å². The zero-order valence-corrected chi connectivity index (χ0v) is 12.1. The molecular formula is C14H21N3S. The van der Waals surface area contributed by atoms with E-state index in [4.69, 9.17) is 0 Å². The van der Waals surface area contributed by atoms with E-state index in [-0.39, 0.29) is 0 Å². The van der Waals surface area contributed by atoms with Gasteiger partial charge in [-0.3, -0.25) is 4.68 Å². The summed E-state index contributed by atoms with van der Waals surface area (Å²) in [5.74, 6) is 0. The van der Waals surface area contributed by atoms with Crippen LogP contribution in [0, 0.1) is 6.92 Å². The molecule has 0 spiro atoms. The Kier molecular flexibility index (Phi) is 4.55. The molecule has 0 fully saturated rings. The van der Waals surface area contributed by atoms with Gasteiger partial charge in [0.1, 0.15) is 0 Å². The fourth-order valence-electron chi connectivity index (χ4n) is 2.10. The van der Waals surface area contributed by atoms with E-state index in [0.29, 0.717) is 6.04 Å². The van der Waals surface area contributed by atoms with E-state index in [2.05, 4.69) is 52.5 Å². The molecule has 2 aromatic heterocycles. The lowest BCUT2D eigenvalue weighted by Crippen LogP contribution is -2.28. The summed E-state index contributed by atoms with van der Waals surface area (Å²) in [5, 5.41) is 10.2. The van der Waals surface area contributed by atoms with Crippen LogP contribution < -0.4 is 5.32 Å². The molecule has 98 valence electrons. The Labute approximate surface area is 113 Å².